The second-order valence-electron chi connectivity index (χ2n) is 6.47. The number of rotatable bonds is 3. The summed E-state index contributed by atoms with van der Waals surface area (Å²) in [5.74, 6) is 0.967. The first-order valence-corrected chi connectivity index (χ1v) is 6.95. The van der Waals surface area contributed by atoms with E-state index in [1.165, 1.54) is 18.4 Å². The third kappa shape index (κ3) is 2.86. The zero-order valence-electron chi connectivity index (χ0n) is 11.8. The molecule has 0 bridgehead atoms. The second-order valence-corrected chi connectivity index (χ2v) is 6.47. The smallest absolute Gasteiger partial charge is 0.121 e. The molecule has 1 fully saturated rings. The molecule has 1 aliphatic rings. The molecule has 2 heteroatoms. The Hall–Kier alpha value is -1.02. The number of hydrogen-bond acceptors (Lipinski definition) is 2. The SMILES string of the molecule is CC(C)(C)c1cccc(OC2(CN)CCCC2)c1. The van der Waals surface area contributed by atoms with Crippen LogP contribution in [0.2, 0.25) is 0 Å². The monoisotopic (exact) mass is 247 g/mol. The average molecular weight is 247 g/mol. The lowest BCUT2D eigenvalue weighted by Crippen LogP contribution is -2.40. The first kappa shape index (κ1) is 13.4. The van der Waals surface area contributed by atoms with Gasteiger partial charge >= 0.3 is 0 Å². The van der Waals surface area contributed by atoms with Crippen LogP contribution in [0.1, 0.15) is 52.0 Å². The highest BCUT2D eigenvalue weighted by Gasteiger charge is 2.34. The van der Waals surface area contributed by atoms with Crippen molar-refractivity contribution in [3.8, 4) is 5.75 Å². The van der Waals surface area contributed by atoms with Gasteiger partial charge in [0.1, 0.15) is 11.4 Å². The third-order valence-corrected chi connectivity index (χ3v) is 3.92. The zero-order valence-corrected chi connectivity index (χ0v) is 11.8. The molecule has 0 aromatic heterocycles. The molecule has 1 aromatic rings. The summed E-state index contributed by atoms with van der Waals surface area (Å²) in [6, 6.07) is 8.45. The summed E-state index contributed by atoms with van der Waals surface area (Å²) in [5.41, 5.74) is 7.27. The van der Waals surface area contributed by atoms with Crippen LogP contribution >= 0.6 is 0 Å². The maximum atomic E-state index is 6.22. The molecule has 0 atom stereocenters. The topological polar surface area (TPSA) is 35.2 Å². The Morgan fingerprint density at radius 2 is 1.89 bits per heavy atom. The minimum Gasteiger partial charge on any atom is -0.486 e. The van der Waals surface area contributed by atoms with E-state index in [1.807, 2.05) is 6.07 Å². The van der Waals surface area contributed by atoms with Crippen LogP contribution in [-0.4, -0.2) is 12.1 Å². The lowest BCUT2D eigenvalue weighted by Gasteiger charge is -2.29. The van der Waals surface area contributed by atoms with Crippen molar-refractivity contribution in [3.63, 3.8) is 0 Å². The maximum Gasteiger partial charge on any atom is 0.121 e. The molecule has 2 N–H and O–H groups in total. The minimum absolute atomic E-state index is 0.115. The van der Waals surface area contributed by atoms with E-state index in [0.717, 1.165) is 18.6 Å². The van der Waals surface area contributed by atoms with Crippen LogP contribution in [0.4, 0.5) is 0 Å². The van der Waals surface area contributed by atoms with Gasteiger partial charge in [-0.2, -0.15) is 0 Å². The predicted octanol–water partition coefficient (Wildman–Crippen LogP) is 3.63. The Balaban J connectivity index is 2.19. The van der Waals surface area contributed by atoms with Gasteiger partial charge in [0.05, 0.1) is 0 Å². The fourth-order valence-corrected chi connectivity index (χ4v) is 2.64. The van der Waals surface area contributed by atoms with Crippen molar-refractivity contribution in [2.45, 2.75) is 57.5 Å². The summed E-state index contributed by atoms with van der Waals surface area (Å²) in [6.07, 6.45) is 4.64. The van der Waals surface area contributed by atoms with Gasteiger partial charge in [0.15, 0.2) is 0 Å². The van der Waals surface area contributed by atoms with Crippen LogP contribution in [0.15, 0.2) is 24.3 Å². The highest BCUT2D eigenvalue weighted by molar-refractivity contribution is 5.33. The summed E-state index contributed by atoms with van der Waals surface area (Å²) in [7, 11) is 0. The Morgan fingerprint density at radius 3 is 2.44 bits per heavy atom. The third-order valence-electron chi connectivity index (χ3n) is 3.92. The fourth-order valence-electron chi connectivity index (χ4n) is 2.64. The Bertz CT molecular complexity index is 400. The maximum absolute atomic E-state index is 6.22. The number of ether oxygens (including phenoxy) is 1. The molecule has 0 aliphatic heterocycles. The van der Waals surface area contributed by atoms with Crippen molar-refractivity contribution < 1.29 is 4.74 Å². The molecule has 0 heterocycles. The summed E-state index contributed by atoms with van der Waals surface area (Å²) in [5, 5.41) is 0. The number of hydrogen-bond donors (Lipinski definition) is 1. The highest BCUT2D eigenvalue weighted by atomic mass is 16.5. The Morgan fingerprint density at radius 1 is 1.22 bits per heavy atom. The summed E-state index contributed by atoms with van der Waals surface area (Å²) in [6.45, 7) is 7.29. The Kier molecular flexibility index (Phi) is 3.67. The standard InChI is InChI=1S/C16H25NO/c1-15(2,3)13-7-6-8-14(11-13)18-16(12-17)9-4-5-10-16/h6-8,11H,4-5,9-10,12,17H2,1-3H3. The summed E-state index contributed by atoms with van der Waals surface area (Å²) < 4.78 is 6.22. The van der Waals surface area contributed by atoms with Crippen molar-refractivity contribution in [3.05, 3.63) is 29.8 Å². The van der Waals surface area contributed by atoms with E-state index in [-0.39, 0.29) is 11.0 Å². The predicted molar refractivity (Wildman–Crippen MR) is 76.0 cm³/mol. The minimum atomic E-state index is -0.115. The molecule has 2 rings (SSSR count). The van der Waals surface area contributed by atoms with Gasteiger partial charge in [-0.25, -0.2) is 0 Å². The molecule has 2 nitrogen and oxygen atoms in total. The van der Waals surface area contributed by atoms with Crippen molar-refractivity contribution >= 4 is 0 Å². The molecule has 0 amide bonds. The fraction of sp³-hybridized carbons (Fsp3) is 0.625. The van der Waals surface area contributed by atoms with E-state index in [0.29, 0.717) is 6.54 Å². The first-order valence-electron chi connectivity index (χ1n) is 6.95. The molecule has 0 unspecified atom stereocenters. The number of nitrogens with two attached hydrogens (primary N) is 1. The van der Waals surface area contributed by atoms with Crippen molar-refractivity contribution in [2.75, 3.05) is 6.54 Å². The van der Waals surface area contributed by atoms with Gasteiger partial charge in [0.25, 0.3) is 0 Å². The molecule has 0 spiro atoms. The Labute approximate surface area is 111 Å². The summed E-state index contributed by atoms with van der Waals surface area (Å²) >= 11 is 0. The second kappa shape index (κ2) is 4.93. The quantitative estimate of drug-likeness (QED) is 0.885. The van der Waals surface area contributed by atoms with Crippen molar-refractivity contribution in [1.29, 1.82) is 0 Å². The zero-order chi connectivity index (χ0) is 13.2. The van der Waals surface area contributed by atoms with E-state index < -0.39 is 0 Å². The van der Waals surface area contributed by atoms with Gasteiger partial charge in [-0.15, -0.1) is 0 Å². The van der Waals surface area contributed by atoms with Gasteiger partial charge < -0.3 is 10.5 Å². The number of benzene rings is 1. The van der Waals surface area contributed by atoms with Crippen molar-refractivity contribution in [2.24, 2.45) is 5.73 Å². The average Bonchev–Trinajstić information content (AvgIpc) is 2.77. The molecule has 100 valence electrons. The molecule has 1 aliphatic carbocycles. The molecule has 1 saturated carbocycles. The molecule has 0 radical (unpaired) electrons. The largest absolute Gasteiger partial charge is 0.486 e. The van der Waals surface area contributed by atoms with E-state index in [1.54, 1.807) is 0 Å². The molecule has 0 saturated heterocycles. The van der Waals surface area contributed by atoms with Crippen LogP contribution in [0.5, 0.6) is 5.75 Å². The highest BCUT2D eigenvalue weighted by Crippen LogP contribution is 2.35. The van der Waals surface area contributed by atoms with Crippen molar-refractivity contribution in [1.82, 2.24) is 0 Å². The molecular weight excluding hydrogens is 222 g/mol. The van der Waals surface area contributed by atoms with Crippen LogP contribution in [0.3, 0.4) is 0 Å². The van der Waals surface area contributed by atoms with Gasteiger partial charge in [-0.05, 0) is 48.8 Å². The summed E-state index contributed by atoms with van der Waals surface area (Å²) in [4.78, 5) is 0. The first-order chi connectivity index (χ1) is 8.45. The normalized spacial score (nSPS) is 18.9. The van der Waals surface area contributed by atoms with Crippen LogP contribution in [0, 0.1) is 0 Å². The van der Waals surface area contributed by atoms with E-state index in [2.05, 4.69) is 39.0 Å². The van der Waals surface area contributed by atoms with Crippen LogP contribution < -0.4 is 10.5 Å². The van der Waals surface area contributed by atoms with E-state index >= 15 is 0 Å². The molecular formula is C16H25NO. The van der Waals surface area contributed by atoms with Gasteiger partial charge in [0, 0.05) is 6.54 Å². The molecule has 18 heavy (non-hydrogen) atoms. The van der Waals surface area contributed by atoms with Crippen LogP contribution in [0.25, 0.3) is 0 Å². The molecule has 1 aromatic carbocycles. The lowest BCUT2D eigenvalue weighted by molar-refractivity contribution is 0.0851. The van der Waals surface area contributed by atoms with E-state index in [4.69, 9.17) is 10.5 Å². The van der Waals surface area contributed by atoms with Gasteiger partial charge in [0.2, 0.25) is 0 Å². The lowest BCUT2D eigenvalue weighted by atomic mass is 9.87. The van der Waals surface area contributed by atoms with E-state index in [9.17, 15) is 0 Å². The van der Waals surface area contributed by atoms with Gasteiger partial charge in [-0.1, -0.05) is 32.9 Å². The van der Waals surface area contributed by atoms with Crippen LogP contribution in [-0.2, 0) is 5.41 Å². The van der Waals surface area contributed by atoms with Gasteiger partial charge in [-0.3, -0.25) is 0 Å².